The summed E-state index contributed by atoms with van der Waals surface area (Å²) in [7, 11) is 0. The summed E-state index contributed by atoms with van der Waals surface area (Å²) in [6, 6.07) is 8.90. The highest BCUT2D eigenvalue weighted by Crippen LogP contribution is 3.02. The molecule has 6 spiro atoms. The number of ether oxygens (including phenoxy) is 4. The minimum Gasteiger partial charge on any atom is -0.379 e. The number of hydrogen-bond donors (Lipinski definition) is 0. The molecule has 4 fully saturated rings. The van der Waals surface area contributed by atoms with Crippen molar-refractivity contribution in [3.05, 3.63) is 69.0 Å². The van der Waals surface area contributed by atoms with Crippen LogP contribution in [0.5, 0.6) is 0 Å². The van der Waals surface area contributed by atoms with E-state index in [0.29, 0.717) is 26.4 Å². The van der Waals surface area contributed by atoms with Crippen LogP contribution < -0.4 is 0 Å². The van der Waals surface area contributed by atoms with Crippen LogP contribution >= 0.6 is 0 Å². The summed E-state index contributed by atoms with van der Waals surface area (Å²) in [5, 5.41) is 80.7. The van der Waals surface area contributed by atoms with Crippen LogP contribution in [0.25, 0.3) is 280 Å². The maximum absolute atomic E-state index is 9.38. The largest absolute Gasteiger partial charge is 0.379 e. The maximum atomic E-state index is 9.38. The molecule has 27 aromatic carbocycles. The van der Waals surface area contributed by atoms with Crippen molar-refractivity contribution in [1.29, 1.82) is 0 Å². The lowest BCUT2D eigenvalue weighted by Crippen LogP contribution is -2.85. The highest BCUT2D eigenvalue weighted by Gasteiger charge is 3.06. The molecule has 388 valence electrons. The number of para-hydroxylation sites is 2. The monoisotopic (exact) mass is 1100 g/mol. The zero-order valence-corrected chi connectivity index (χ0v) is 46.5. The molecule has 7 aliphatic carbocycles. The molecule has 6 heteroatoms. The normalized spacial score (nSPS) is 32.8. The molecule has 4 saturated heterocycles. The Balaban J connectivity index is 1.03. The van der Waals surface area contributed by atoms with Crippen molar-refractivity contribution in [1.82, 2.24) is 9.97 Å². The van der Waals surface area contributed by atoms with Crippen molar-refractivity contribution in [2.24, 2.45) is 0 Å². The zero-order valence-electron chi connectivity index (χ0n) is 46.5. The van der Waals surface area contributed by atoms with Crippen molar-refractivity contribution < 1.29 is 18.9 Å². The van der Waals surface area contributed by atoms with Crippen LogP contribution in [0.15, 0.2) is 24.3 Å². The SMILES string of the molecule is CCOC[C@@]12CC[C@]3(O1)c1nc4ccccc4nc1[C@@]14CC[C@@](COCC)(O1)C15c6c7c8c9c%10c%11c%12c%13c%14c(c%15c%16c1c1c6c6c8c8c%17c9c9c%11c%11c%12c%12c%14c%14c%15c%15c%16c%16c1c1c6c8c6c8c%17c9c9c%11c%11c%12c%14c%12c%15c%14c%16c1c6c1c%14c%12c%11c9c81)C54C%133C7%102. The second kappa shape index (κ2) is 8.26. The van der Waals surface area contributed by atoms with Gasteiger partial charge in [-0.3, -0.25) is 0 Å². The third-order valence-corrected chi connectivity index (χ3v) is 32.7. The van der Waals surface area contributed by atoms with Crippen LogP contribution in [0.1, 0.15) is 84.3 Å². The van der Waals surface area contributed by atoms with Crippen molar-refractivity contribution >= 4 is 280 Å². The van der Waals surface area contributed by atoms with Gasteiger partial charge in [0.15, 0.2) is 0 Å². The first-order valence-corrected chi connectivity index (χ1v) is 33.5. The molecule has 4 unspecified atom stereocenters. The summed E-state index contributed by atoms with van der Waals surface area (Å²) < 4.78 is 33.7. The molecule has 0 amide bonds. The van der Waals surface area contributed by atoms with Crippen LogP contribution in [0.2, 0.25) is 0 Å². The third kappa shape index (κ3) is 1.90. The molecule has 0 saturated carbocycles. The third-order valence-electron chi connectivity index (χ3n) is 32.7. The van der Waals surface area contributed by atoms with Gasteiger partial charge in [0.25, 0.3) is 0 Å². The summed E-state index contributed by atoms with van der Waals surface area (Å²) in [5.74, 6) is 0. The van der Waals surface area contributed by atoms with E-state index < -0.39 is 44.1 Å². The van der Waals surface area contributed by atoms with Crippen LogP contribution in [0.3, 0.4) is 0 Å². The molecule has 0 N–H and O–H groups in total. The van der Waals surface area contributed by atoms with Gasteiger partial charge in [-0.05, 0) is 354 Å². The second-order valence-electron chi connectivity index (χ2n) is 32.5. The van der Waals surface area contributed by atoms with Gasteiger partial charge in [0, 0.05) is 13.2 Å². The predicted octanol–water partition coefficient (Wildman–Crippen LogP) is 18.4. The van der Waals surface area contributed by atoms with Gasteiger partial charge in [-0.1, -0.05) is 12.1 Å². The summed E-state index contributed by atoms with van der Waals surface area (Å²) in [6.07, 6.45) is 3.49. The van der Waals surface area contributed by atoms with Gasteiger partial charge in [-0.15, -0.1) is 0 Å². The van der Waals surface area contributed by atoms with Crippen molar-refractivity contribution in [3.8, 4) is 0 Å². The van der Waals surface area contributed by atoms with Crippen LogP contribution in [0.4, 0.5) is 0 Å². The highest BCUT2D eigenvalue weighted by atomic mass is 16.6. The lowest BCUT2D eigenvalue weighted by atomic mass is 9.21. The van der Waals surface area contributed by atoms with Crippen LogP contribution in [-0.2, 0) is 51.8 Å². The molecule has 6 nitrogen and oxygen atoms in total. The number of aromatic nitrogens is 2. The quantitative estimate of drug-likeness (QED) is 0.155. The molecule has 0 radical (unpaired) electrons. The highest BCUT2D eigenvalue weighted by molar-refractivity contribution is 6.81. The van der Waals surface area contributed by atoms with Gasteiger partial charge in [-0.2, -0.15) is 0 Å². The van der Waals surface area contributed by atoms with Crippen LogP contribution in [0, 0.1) is 0 Å². The lowest BCUT2D eigenvalue weighted by molar-refractivity contribution is -0.155. The van der Waals surface area contributed by atoms with E-state index in [4.69, 9.17) is 19.4 Å². The van der Waals surface area contributed by atoms with E-state index in [1.54, 1.807) is 303 Å². The second-order valence-corrected chi connectivity index (χ2v) is 32.5. The topological polar surface area (TPSA) is 62.7 Å². The van der Waals surface area contributed by atoms with Gasteiger partial charge in [0.1, 0.15) is 22.4 Å². The van der Waals surface area contributed by atoms with E-state index in [0.717, 1.165) is 48.1 Å². The van der Waals surface area contributed by atoms with Crippen molar-refractivity contribution in [3.63, 3.8) is 0 Å². The average Bonchev–Trinajstić information content (AvgIpc) is 1.34. The Labute approximate surface area is 485 Å². The summed E-state index contributed by atoms with van der Waals surface area (Å²) >= 11 is 0. The smallest absolute Gasteiger partial charge is 0.125 e. The first-order chi connectivity index (χ1) is 43.6. The Bertz CT molecular complexity index is 8120. The fraction of sp³-hybridized carbons (Fsp3) is 0.220. The average molecular weight is 1100 g/mol. The number of nitrogens with zero attached hydrogens (tertiary/aromatic N) is 2. The fourth-order valence-electron chi connectivity index (χ4n) is 33.2. The molecule has 1 aromatic heterocycles. The Hall–Kier alpha value is -8.88. The molecule has 8 atom stereocenters. The molecule has 28 aromatic rings. The molecule has 39 rings (SSSR count). The van der Waals surface area contributed by atoms with E-state index >= 15 is 0 Å². The van der Waals surface area contributed by atoms with Crippen molar-refractivity contribution in [2.45, 2.75) is 83.6 Å². The first-order valence-electron chi connectivity index (χ1n) is 33.5. The number of benzene rings is 18. The Morgan fingerprint density at radius 2 is 0.534 bits per heavy atom. The molecule has 4 bridgehead atoms. The van der Waals surface area contributed by atoms with E-state index in [2.05, 4.69) is 38.1 Å². The minimum atomic E-state index is -0.920. The maximum Gasteiger partial charge on any atom is 0.125 e. The number of fused-ring (bicyclic) bond motifs is 4. The molecule has 88 heavy (non-hydrogen) atoms. The molecule has 11 aliphatic rings. The number of rotatable bonds is 6. The van der Waals surface area contributed by atoms with Crippen LogP contribution in [-0.4, -0.2) is 47.6 Å². The summed E-state index contributed by atoms with van der Waals surface area (Å²) in [5.41, 5.74) is 7.69. The Morgan fingerprint density at radius 3 is 0.807 bits per heavy atom. The van der Waals surface area contributed by atoms with Gasteiger partial charge in [-0.25, -0.2) is 9.97 Å². The van der Waals surface area contributed by atoms with Gasteiger partial charge in [0.2, 0.25) is 0 Å². The van der Waals surface area contributed by atoms with E-state index in [9.17, 15) is 9.47 Å². The standard InChI is InChI=1S/C82H26N2O4/c1-3-85-13-75-9-11-77(87-75)73-74(84-16-8-6-5-7-15(16)83-73)78-12-10-76(88-78,14-86-4-2)80-68-59-52-44-35-27-20-18-17-19-21-22(20)29-33(27)46(52)54-48-37(29)36-28(21)32-26(19)34-30-23(17)25-24(18)31(35)40-42-38(25)41-39(30)49-43(34)51-45(32)53-47(36)57(48)66-69-62(53)58(51)67-60(49)64-55(41)56(42)65(61(68)50(40)44)72(80)71(64)79(67,75)81(69,77)82(78,80)70(66)63(54)59/h5-8H,3-4,9-14H2,1-2H3/t75-,76+,77+,78-,79?,80?,81?,82?. The fourth-order valence-corrected chi connectivity index (χ4v) is 33.2. The lowest BCUT2D eigenvalue weighted by Gasteiger charge is -2.76. The van der Waals surface area contributed by atoms with Crippen molar-refractivity contribution in [2.75, 3.05) is 26.4 Å². The molecule has 5 heterocycles. The first kappa shape index (κ1) is 35.8. The van der Waals surface area contributed by atoms with Gasteiger partial charge in [0.05, 0.1) is 57.3 Å². The Morgan fingerprint density at radius 1 is 0.295 bits per heavy atom. The zero-order chi connectivity index (χ0) is 53.4. The summed E-state index contributed by atoms with van der Waals surface area (Å²) in [6.45, 7) is 6.81. The van der Waals surface area contributed by atoms with Gasteiger partial charge < -0.3 is 18.9 Å². The molecular weight excluding hydrogens is 1080 g/mol. The summed E-state index contributed by atoms with van der Waals surface area (Å²) in [4.78, 5) is 12.7. The van der Waals surface area contributed by atoms with E-state index in [-0.39, 0.29) is 0 Å². The number of hydrogen-bond acceptors (Lipinski definition) is 6. The minimum absolute atomic E-state index is 0.527. The van der Waals surface area contributed by atoms with E-state index in [1.807, 2.05) is 0 Å². The van der Waals surface area contributed by atoms with Gasteiger partial charge >= 0.3 is 0 Å². The Kier molecular flexibility index (Phi) is 3.36. The predicted molar refractivity (Wildman–Crippen MR) is 351 cm³/mol. The molecule has 4 aliphatic heterocycles. The van der Waals surface area contributed by atoms with E-state index in [1.165, 1.54) is 0 Å². The molecular formula is C82H26N2O4.